The van der Waals surface area contributed by atoms with Crippen LogP contribution >= 0.6 is 0 Å². The fourth-order valence-electron chi connectivity index (χ4n) is 2.49. The zero-order valence-corrected chi connectivity index (χ0v) is 12.4. The molecule has 1 amide bonds. The molecule has 0 bridgehead atoms. The van der Waals surface area contributed by atoms with Crippen LogP contribution in [0.2, 0.25) is 0 Å². The van der Waals surface area contributed by atoms with E-state index in [0.717, 1.165) is 5.56 Å². The number of hydrogen-bond donors (Lipinski definition) is 0. The molecule has 2 aromatic rings. The summed E-state index contributed by atoms with van der Waals surface area (Å²) >= 11 is 0. The lowest BCUT2D eigenvalue weighted by Gasteiger charge is -2.09. The highest BCUT2D eigenvalue weighted by atomic mass is 16.7. The minimum absolute atomic E-state index is 0.195. The monoisotopic (exact) mass is 307 g/mol. The first-order valence-corrected chi connectivity index (χ1v) is 7.15. The molecule has 6 heteroatoms. The van der Waals surface area contributed by atoms with Crippen molar-refractivity contribution in [1.29, 1.82) is 0 Å². The molecule has 4 rings (SSSR count). The lowest BCUT2D eigenvalue weighted by atomic mass is 10.1. The van der Waals surface area contributed by atoms with Gasteiger partial charge < -0.3 is 9.47 Å². The molecular weight excluding hydrogens is 294 g/mol. The minimum atomic E-state index is -0.195. The third kappa shape index (κ3) is 2.34. The Kier molecular flexibility index (Phi) is 3.08. The number of anilines is 1. The molecular formula is C17H13N3O3. The summed E-state index contributed by atoms with van der Waals surface area (Å²) in [4.78, 5) is 16.8. The first-order chi connectivity index (χ1) is 11.2. The zero-order chi connectivity index (χ0) is 15.8. The highest BCUT2D eigenvalue weighted by Crippen LogP contribution is 2.33. The summed E-state index contributed by atoms with van der Waals surface area (Å²) in [5.74, 6) is 1.70. The Morgan fingerprint density at radius 1 is 1.17 bits per heavy atom. The van der Waals surface area contributed by atoms with Gasteiger partial charge in [0.25, 0.3) is 5.91 Å². The highest BCUT2D eigenvalue weighted by Gasteiger charge is 2.29. The van der Waals surface area contributed by atoms with Gasteiger partial charge in [-0.05, 0) is 42.8 Å². The van der Waals surface area contributed by atoms with Crippen LogP contribution in [0.25, 0.3) is 6.08 Å². The van der Waals surface area contributed by atoms with Crippen molar-refractivity contribution in [2.24, 2.45) is 5.10 Å². The van der Waals surface area contributed by atoms with Crippen molar-refractivity contribution in [2.75, 3.05) is 11.8 Å². The number of amides is 1. The molecule has 2 aliphatic rings. The average molecular weight is 307 g/mol. The summed E-state index contributed by atoms with van der Waals surface area (Å²) in [5, 5.41) is 5.62. The third-order valence-corrected chi connectivity index (χ3v) is 3.64. The van der Waals surface area contributed by atoms with Crippen LogP contribution in [0.3, 0.4) is 0 Å². The topological polar surface area (TPSA) is 64.0 Å². The summed E-state index contributed by atoms with van der Waals surface area (Å²) in [7, 11) is 0. The van der Waals surface area contributed by atoms with E-state index < -0.39 is 0 Å². The number of nitrogens with zero attached hydrogens (tertiary/aromatic N) is 3. The fourth-order valence-corrected chi connectivity index (χ4v) is 2.49. The molecule has 2 aliphatic heterocycles. The van der Waals surface area contributed by atoms with Crippen LogP contribution in [0.4, 0.5) is 5.82 Å². The quantitative estimate of drug-likeness (QED) is 0.800. The number of pyridine rings is 1. The first-order valence-electron chi connectivity index (χ1n) is 7.15. The van der Waals surface area contributed by atoms with E-state index >= 15 is 0 Å². The number of fused-ring (bicyclic) bond motifs is 1. The number of hydrazone groups is 1. The molecule has 0 spiro atoms. The van der Waals surface area contributed by atoms with Crippen LogP contribution in [0, 0.1) is 0 Å². The van der Waals surface area contributed by atoms with Gasteiger partial charge in [-0.1, -0.05) is 12.1 Å². The van der Waals surface area contributed by atoms with Crippen molar-refractivity contribution in [1.82, 2.24) is 4.98 Å². The Morgan fingerprint density at radius 2 is 2.04 bits per heavy atom. The Balaban J connectivity index is 1.67. The highest BCUT2D eigenvalue weighted by molar-refractivity contribution is 6.31. The number of rotatable bonds is 2. The second-order valence-corrected chi connectivity index (χ2v) is 5.16. The van der Waals surface area contributed by atoms with E-state index in [-0.39, 0.29) is 12.7 Å². The van der Waals surface area contributed by atoms with Gasteiger partial charge in [-0.15, -0.1) is 0 Å². The molecule has 0 atom stereocenters. The first kappa shape index (κ1) is 13.5. The van der Waals surface area contributed by atoms with E-state index in [0.29, 0.717) is 28.6 Å². The number of carbonyl (C=O) groups excluding carboxylic acids is 1. The van der Waals surface area contributed by atoms with E-state index in [2.05, 4.69) is 10.1 Å². The van der Waals surface area contributed by atoms with Crippen molar-refractivity contribution in [3.05, 3.63) is 53.7 Å². The minimum Gasteiger partial charge on any atom is -0.454 e. The molecule has 1 aromatic carbocycles. The molecule has 0 fully saturated rings. The van der Waals surface area contributed by atoms with Gasteiger partial charge in [0.15, 0.2) is 17.3 Å². The van der Waals surface area contributed by atoms with Crippen LogP contribution in [-0.2, 0) is 4.79 Å². The summed E-state index contributed by atoms with van der Waals surface area (Å²) in [5.41, 5.74) is 2.04. The second kappa shape index (κ2) is 5.24. The summed E-state index contributed by atoms with van der Waals surface area (Å²) in [6.45, 7) is 2.03. The summed E-state index contributed by atoms with van der Waals surface area (Å²) in [6, 6.07) is 10.9. The van der Waals surface area contributed by atoms with Crippen LogP contribution in [-0.4, -0.2) is 23.4 Å². The van der Waals surface area contributed by atoms with E-state index in [1.807, 2.05) is 24.3 Å². The van der Waals surface area contributed by atoms with Gasteiger partial charge in [0.1, 0.15) is 0 Å². The van der Waals surface area contributed by atoms with Gasteiger partial charge in [-0.2, -0.15) is 10.1 Å². The maximum absolute atomic E-state index is 12.6. The third-order valence-electron chi connectivity index (χ3n) is 3.64. The van der Waals surface area contributed by atoms with Gasteiger partial charge in [-0.3, -0.25) is 4.79 Å². The molecule has 0 saturated heterocycles. The van der Waals surface area contributed by atoms with E-state index in [9.17, 15) is 4.79 Å². The number of benzene rings is 1. The Hall–Kier alpha value is -3.15. The normalized spacial score (nSPS) is 17.8. The number of hydrogen-bond acceptors (Lipinski definition) is 5. The van der Waals surface area contributed by atoms with E-state index in [1.54, 1.807) is 31.3 Å². The second-order valence-electron chi connectivity index (χ2n) is 5.16. The SMILES string of the molecule is CC1=NN(c2ccccn2)C(=O)/C1=C\c1ccc2c(c1)OCO2. The van der Waals surface area contributed by atoms with Gasteiger partial charge in [-0.25, -0.2) is 4.98 Å². The van der Waals surface area contributed by atoms with E-state index in [1.165, 1.54) is 5.01 Å². The fraction of sp³-hybridized carbons (Fsp3) is 0.118. The maximum atomic E-state index is 12.6. The smallest absolute Gasteiger partial charge is 0.282 e. The van der Waals surface area contributed by atoms with Crippen LogP contribution in [0.5, 0.6) is 11.5 Å². The molecule has 0 radical (unpaired) electrons. The largest absolute Gasteiger partial charge is 0.454 e. The molecule has 0 saturated carbocycles. The Morgan fingerprint density at radius 3 is 2.87 bits per heavy atom. The van der Waals surface area contributed by atoms with E-state index in [4.69, 9.17) is 9.47 Å². The van der Waals surface area contributed by atoms with Crippen molar-refractivity contribution in [2.45, 2.75) is 6.92 Å². The number of ether oxygens (including phenoxy) is 2. The molecule has 3 heterocycles. The molecule has 6 nitrogen and oxygen atoms in total. The molecule has 0 N–H and O–H groups in total. The molecule has 0 unspecified atom stereocenters. The van der Waals surface area contributed by atoms with Crippen LogP contribution in [0.15, 0.2) is 53.3 Å². The molecule has 0 aliphatic carbocycles. The van der Waals surface area contributed by atoms with Gasteiger partial charge >= 0.3 is 0 Å². The number of aromatic nitrogens is 1. The predicted octanol–water partition coefficient (Wildman–Crippen LogP) is 2.62. The van der Waals surface area contributed by atoms with Crippen molar-refractivity contribution in [3.8, 4) is 11.5 Å². The van der Waals surface area contributed by atoms with Crippen LogP contribution in [0.1, 0.15) is 12.5 Å². The predicted molar refractivity (Wildman–Crippen MR) is 85.4 cm³/mol. The Bertz CT molecular complexity index is 843. The Labute approximate surface area is 132 Å². The van der Waals surface area contributed by atoms with Gasteiger partial charge in [0.05, 0.1) is 11.3 Å². The average Bonchev–Trinajstić information content (AvgIpc) is 3.15. The molecule has 114 valence electrons. The lowest BCUT2D eigenvalue weighted by molar-refractivity contribution is -0.114. The van der Waals surface area contributed by atoms with Crippen LogP contribution < -0.4 is 14.5 Å². The number of carbonyl (C=O) groups is 1. The summed E-state index contributed by atoms with van der Waals surface area (Å²) in [6.07, 6.45) is 3.43. The van der Waals surface area contributed by atoms with Crippen molar-refractivity contribution < 1.29 is 14.3 Å². The zero-order valence-electron chi connectivity index (χ0n) is 12.4. The molecule has 1 aromatic heterocycles. The van der Waals surface area contributed by atoms with Crippen molar-refractivity contribution in [3.63, 3.8) is 0 Å². The lowest BCUT2D eigenvalue weighted by Crippen LogP contribution is -2.22. The standard InChI is InChI=1S/C17H13N3O3/c1-11-13(8-12-5-6-14-15(9-12)23-10-22-14)17(21)20(19-11)16-4-2-3-7-18-16/h2-9H,10H2,1H3/b13-8-. The summed E-state index contributed by atoms with van der Waals surface area (Å²) < 4.78 is 10.7. The maximum Gasteiger partial charge on any atom is 0.282 e. The van der Waals surface area contributed by atoms with Gasteiger partial charge in [0, 0.05) is 6.20 Å². The van der Waals surface area contributed by atoms with Crippen molar-refractivity contribution >= 4 is 23.5 Å². The molecule has 23 heavy (non-hydrogen) atoms. The van der Waals surface area contributed by atoms with Gasteiger partial charge in [0.2, 0.25) is 6.79 Å².